The summed E-state index contributed by atoms with van der Waals surface area (Å²) in [5.41, 5.74) is 1.55. The van der Waals surface area contributed by atoms with Crippen LogP contribution in [-0.2, 0) is 22.7 Å². The van der Waals surface area contributed by atoms with E-state index in [4.69, 9.17) is 0 Å². The van der Waals surface area contributed by atoms with Crippen LogP contribution in [0.3, 0.4) is 0 Å². The Balaban J connectivity index is 1.32. The molecule has 3 rings (SSSR count). The van der Waals surface area contributed by atoms with Gasteiger partial charge in [-0.1, -0.05) is 48.5 Å². The highest BCUT2D eigenvalue weighted by molar-refractivity contribution is 5.78. The number of hydrogen-bond acceptors (Lipinski definition) is 4. The van der Waals surface area contributed by atoms with Gasteiger partial charge < -0.3 is 10.6 Å². The van der Waals surface area contributed by atoms with E-state index in [9.17, 15) is 14.0 Å². The number of amides is 2. The largest absolute Gasteiger partial charge is 0.351 e. The van der Waals surface area contributed by atoms with Gasteiger partial charge in [0.2, 0.25) is 11.8 Å². The molecule has 1 saturated heterocycles. The summed E-state index contributed by atoms with van der Waals surface area (Å²) in [6, 6.07) is 16.2. The number of carbonyl (C=O) groups is 2. The summed E-state index contributed by atoms with van der Waals surface area (Å²) in [6.45, 7) is 4.27. The molecule has 0 aromatic heterocycles. The average Bonchev–Trinajstić information content (AvgIpc) is 2.74. The SMILES string of the molecule is O=C(CN1CCN(CC(=O)NCc2ccccc2F)CC1)NCc1ccccc1. The molecule has 7 heteroatoms. The monoisotopic (exact) mass is 398 g/mol. The van der Waals surface area contributed by atoms with Crippen molar-refractivity contribution in [1.82, 2.24) is 20.4 Å². The topological polar surface area (TPSA) is 64.7 Å². The molecule has 2 amide bonds. The van der Waals surface area contributed by atoms with Crippen LogP contribution >= 0.6 is 0 Å². The Labute approximate surface area is 170 Å². The molecule has 0 saturated carbocycles. The molecule has 2 aromatic carbocycles. The van der Waals surface area contributed by atoms with Gasteiger partial charge in [-0.25, -0.2) is 4.39 Å². The van der Waals surface area contributed by atoms with Crippen molar-refractivity contribution in [1.29, 1.82) is 0 Å². The Kier molecular flexibility index (Phi) is 7.72. The van der Waals surface area contributed by atoms with Gasteiger partial charge in [-0.15, -0.1) is 0 Å². The molecule has 2 N–H and O–H groups in total. The summed E-state index contributed by atoms with van der Waals surface area (Å²) in [4.78, 5) is 28.4. The van der Waals surface area contributed by atoms with Gasteiger partial charge in [-0.3, -0.25) is 19.4 Å². The van der Waals surface area contributed by atoms with E-state index in [0.29, 0.717) is 18.7 Å². The second kappa shape index (κ2) is 10.7. The van der Waals surface area contributed by atoms with Gasteiger partial charge in [0.05, 0.1) is 13.1 Å². The minimum atomic E-state index is -0.313. The van der Waals surface area contributed by atoms with E-state index < -0.39 is 0 Å². The number of carbonyl (C=O) groups excluding carboxylic acids is 2. The van der Waals surface area contributed by atoms with Gasteiger partial charge in [0.15, 0.2) is 0 Å². The lowest BCUT2D eigenvalue weighted by Crippen LogP contribution is -2.51. The van der Waals surface area contributed by atoms with Gasteiger partial charge in [0, 0.05) is 44.8 Å². The Hall–Kier alpha value is -2.77. The normalized spacial score (nSPS) is 15.1. The number of nitrogens with zero attached hydrogens (tertiary/aromatic N) is 2. The van der Waals surface area contributed by atoms with Crippen molar-refractivity contribution in [2.75, 3.05) is 39.3 Å². The van der Waals surface area contributed by atoms with Crippen molar-refractivity contribution >= 4 is 11.8 Å². The zero-order chi connectivity index (χ0) is 20.5. The van der Waals surface area contributed by atoms with Crippen LogP contribution in [0.4, 0.5) is 4.39 Å². The van der Waals surface area contributed by atoms with Crippen LogP contribution < -0.4 is 10.6 Å². The van der Waals surface area contributed by atoms with Gasteiger partial charge in [0.1, 0.15) is 5.82 Å². The molecule has 1 heterocycles. The van der Waals surface area contributed by atoms with Gasteiger partial charge in [0.25, 0.3) is 0 Å². The van der Waals surface area contributed by atoms with E-state index >= 15 is 0 Å². The molecule has 0 atom stereocenters. The lowest BCUT2D eigenvalue weighted by Gasteiger charge is -2.33. The van der Waals surface area contributed by atoms with Crippen molar-refractivity contribution in [2.45, 2.75) is 13.1 Å². The molecular weight excluding hydrogens is 371 g/mol. The Morgan fingerprint density at radius 1 is 0.759 bits per heavy atom. The molecule has 1 aliphatic heterocycles. The molecule has 0 radical (unpaired) electrons. The third-order valence-corrected chi connectivity index (χ3v) is 4.97. The minimum Gasteiger partial charge on any atom is -0.351 e. The third-order valence-electron chi connectivity index (χ3n) is 4.97. The summed E-state index contributed by atoms with van der Waals surface area (Å²) < 4.78 is 13.6. The molecule has 0 unspecified atom stereocenters. The lowest BCUT2D eigenvalue weighted by molar-refractivity contribution is -0.125. The molecule has 1 aliphatic rings. The molecule has 29 heavy (non-hydrogen) atoms. The Bertz CT molecular complexity index is 807. The molecule has 0 spiro atoms. The first-order chi connectivity index (χ1) is 14.1. The van der Waals surface area contributed by atoms with Crippen LogP contribution in [0.25, 0.3) is 0 Å². The zero-order valence-corrected chi connectivity index (χ0v) is 16.4. The first-order valence-corrected chi connectivity index (χ1v) is 9.85. The fraction of sp³-hybridized carbons (Fsp3) is 0.364. The smallest absolute Gasteiger partial charge is 0.234 e. The predicted octanol–water partition coefficient (Wildman–Crippen LogP) is 1.38. The van der Waals surface area contributed by atoms with E-state index in [1.807, 2.05) is 30.3 Å². The molecule has 6 nitrogen and oxygen atoms in total. The van der Waals surface area contributed by atoms with E-state index in [1.165, 1.54) is 6.07 Å². The van der Waals surface area contributed by atoms with Crippen LogP contribution in [0.2, 0.25) is 0 Å². The standard InChI is InChI=1S/C22H27FN4O2/c23-20-9-5-4-8-19(20)15-25-22(29)17-27-12-10-26(11-13-27)16-21(28)24-14-18-6-2-1-3-7-18/h1-9H,10-17H2,(H,24,28)(H,25,29). The van der Waals surface area contributed by atoms with Crippen molar-refractivity contribution in [2.24, 2.45) is 0 Å². The van der Waals surface area contributed by atoms with Crippen molar-refractivity contribution in [3.63, 3.8) is 0 Å². The summed E-state index contributed by atoms with van der Waals surface area (Å²) in [7, 11) is 0. The number of nitrogens with one attached hydrogen (secondary N) is 2. The van der Waals surface area contributed by atoms with Crippen molar-refractivity contribution in [3.8, 4) is 0 Å². The number of hydrogen-bond donors (Lipinski definition) is 2. The molecular formula is C22H27FN4O2. The van der Waals surface area contributed by atoms with Crippen LogP contribution in [0.15, 0.2) is 54.6 Å². The molecule has 154 valence electrons. The predicted molar refractivity (Wildman–Crippen MR) is 109 cm³/mol. The van der Waals surface area contributed by atoms with Crippen molar-refractivity contribution in [3.05, 3.63) is 71.5 Å². The van der Waals surface area contributed by atoms with E-state index in [1.54, 1.807) is 18.2 Å². The average molecular weight is 398 g/mol. The summed E-state index contributed by atoms with van der Waals surface area (Å²) in [5.74, 6) is -0.431. The highest BCUT2D eigenvalue weighted by Crippen LogP contribution is 2.06. The van der Waals surface area contributed by atoms with Crippen molar-refractivity contribution < 1.29 is 14.0 Å². The fourth-order valence-electron chi connectivity index (χ4n) is 3.26. The first-order valence-electron chi connectivity index (χ1n) is 9.85. The van der Waals surface area contributed by atoms with E-state index in [2.05, 4.69) is 20.4 Å². The minimum absolute atomic E-state index is 0.00457. The van der Waals surface area contributed by atoms with Crippen LogP contribution in [0.5, 0.6) is 0 Å². The second-order valence-electron chi connectivity index (χ2n) is 7.18. The summed E-state index contributed by atoms with van der Waals surface area (Å²) in [6.07, 6.45) is 0. The highest BCUT2D eigenvalue weighted by atomic mass is 19.1. The molecule has 1 fully saturated rings. The molecule has 2 aromatic rings. The van der Waals surface area contributed by atoms with Crippen LogP contribution in [0.1, 0.15) is 11.1 Å². The molecule has 0 bridgehead atoms. The zero-order valence-electron chi connectivity index (χ0n) is 16.4. The summed E-state index contributed by atoms with van der Waals surface area (Å²) >= 11 is 0. The number of benzene rings is 2. The van der Waals surface area contributed by atoms with Crippen LogP contribution in [0, 0.1) is 5.82 Å². The first kappa shape index (κ1) is 21.0. The number of rotatable bonds is 8. The van der Waals surface area contributed by atoms with Gasteiger partial charge in [-0.05, 0) is 11.6 Å². The Morgan fingerprint density at radius 2 is 1.28 bits per heavy atom. The Morgan fingerprint density at radius 3 is 1.86 bits per heavy atom. The second-order valence-corrected chi connectivity index (χ2v) is 7.18. The van der Waals surface area contributed by atoms with E-state index in [-0.39, 0.29) is 30.7 Å². The lowest BCUT2D eigenvalue weighted by atomic mass is 10.2. The maximum atomic E-state index is 13.6. The fourth-order valence-corrected chi connectivity index (χ4v) is 3.26. The third kappa shape index (κ3) is 6.96. The highest BCUT2D eigenvalue weighted by Gasteiger charge is 2.20. The van der Waals surface area contributed by atoms with Gasteiger partial charge in [-0.2, -0.15) is 0 Å². The van der Waals surface area contributed by atoms with Crippen LogP contribution in [-0.4, -0.2) is 60.9 Å². The molecule has 0 aliphatic carbocycles. The maximum Gasteiger partial charge on any atom is 0.234 e. The van der Waals surface area contributed by atoms with E-state index in [0.717, 1.165) is 31.7 Å². The summed E-state index contributed by atoms with van der Waals surface area (Å²) in [5, 5.41) is 5.70. The number of piperazine rings is 1. The van der Waals surface area contributed by atoms with Gasteiger partial charge >= 0.3 is 0 Å². The number of halogens is 1. The maximum absolute atomic E-state index is 13.6. The quantitative estimate of drug-likeness (QED) is 0.705.